The van der Waals surface area contributed by atoms with E-state index in [0.717, 1.165) is 49.7 Å². The van der Waals surface area contributed by atoms with Crippen LogP contribution in [-0.4, -0.2) is 40.1 Å². The van der Waals surface area contributed by atoms with Gasteiger partial charge in [-0.25, -0.2) is 11.0 Å². The van der Waals surface area contributed by atoms with Crippen LogP contribution in [0.2, 0.25) is 0 Å². The predicted molar refractivity (Wildman–Crippen MR) is 149 cm³/mol. The zero-order valence-electron chi connectivity index (χ0n) is 23.0. The lowest BCUT2D eigenvalue weighted by Gasteiger charge is -2.61. The molecule has 0 aromatic heterocycles. The third-order valence-corrected chi connectivity index (χ3v) is 12.2. The van der Waals surface area contributed by atoms with Gasteiger partial charge in [-0.1, -0.05) is 32.9 Å². The molecule has 3 N–H and O–H groups in total. The van der Waals surface area contributed by atoms with Crippen LogP contribution in [0.5, 0.6) is 0 Å². The molecule has 3 unspecified atom stereocenters. The molecule has 0 aliphatic heterocycles. The van der Waals surface area contributed by atoms with Crippen molar-refractivity contribution in [3.63, 3.8) is 0 Å². The van der Waals surface area contributed by atoms with Crippen LogP contribution in [0.1, 0.15) is 85.5 Å². The highest BCUT2D eigenvalue weighted by molar-refractivity contribution is 8.02. The molecule has 0 heterocycles. The van der Waals surface area contributed by atoms with Crippen molar-refractivity contribution in [2.45, 2.75) is 91.1 Å². The van der Waals surface area contributed by atoms with Crippen LogP contribution in [0.4, 0.5) is 0 Å². The monoisotopic (exact) mass is 513 g/mol. The number of nitrogens with two attached hydrogens (primary N) is 1. The molecule has 9 atom stereocenters. The van der Waals surface area contributed by atoms with Crippen molar-refractivity contribution >= 4 is 23.3 Å². The van der Waals surface area contributed by atoms with Crippen LogP contribution < -0.4 is 5.84 Å². The minimum Gasteiger partial charge on any atom is -0.390 e. The second kappa shape index (κ2) is 9.57. The summed E-state index contributed by atoms with van der Waals surface area (Å²) in [6, 6.07) is 0. The van der Waals surface area contributed by atoms with Gasteiger partial charge in [0, 0.05) is 16.7 Å². The Hall–Kier alpha value is -1.11. The molecule has 5 aliphatic rings. The fraction of sp³-hybridized carbons (Fsp3) is 0.800. The number of carbonyl (C=O) groups is 1. The van der Waals surface area contributed by atoms with E-state index in [-0.39, 0.29) is 29.6 Å². The van der Waals surface area contributed by atoms with Gasteiger partial charge in [0.05, 0.1) is 11.3 Å². The summed E-state index contributed by atoms with van der Waals surface area (Å²) in [6.45, 7) is 9.30. The highest BCUT2D eigenvalue weighted by Crippen LogP contribution is 2.68. The Morgan fingerprint density at radius 1 is 1.11 bits per heavy atom. The smallest absolute Gasteiger partial charge is 0.159 e. The number of ketones is 1. The first-order chi connectivity index (χ1) is 17.0. The molecule has 200 valence electrons. The lowest BCUT2D eigenvalue weighted by atomic mass is 9.44. The zero-order valence-corrected chi connectivity index (χ0v) is 23.8. The summed E-state index contributed by atoms with van der Waals surface area (Å²) in [5, 5.41) is 16.8. The largest absolute Gasteiger partial charge is 0.390 e. The number of fused-ring (bicyclic) bond motifs is 5. The molecule has 5 rings (SSSR count). The molecule has 0 radical (unpaired) electrons. The molecule has 0 aromatic rings. The first kappa shape index (κ1) is 26.5. The third-order valence-electron chi connectivity index (χ3n) is 11.4. The van der Waals surface area contributed by atoms with Crippen LogP contribution in [0, 0.1) is 46.3 Å². The number of hydrazone groups is 1. The molecule has 5 nitrogen and oxygen atoms in total. The number of hydrogen-bond acceptors (Lipinski definition) is 6. The molecule has 36 heavy (non-hydrogen) atoms. The van der Waals surface area contributed by atoms with Gasteiger partial charge in [-0.2, -0.15) is 5.10 Å². The molecule has 0 spiro atoms. The maximum atomic E-state index is 13.6. The molecule has 6 heteroatoms. The first-order valence-electron chi connectivity index (χ1n) is 14.3. The molecule has 0 aromatic carbocycles. The van der Waals surface area contributed by atoms with Gasteiger partial charge in [-0.05, 0) is 112 Å². The average Bonchev–Trinajstić information content (AvgIpc) is 3.18. The van der Waals surface area contributed by atoms with Gasteiger partial charge < -0.3 is 5.11 Å². The number of aliphatic hydroxyl groups is 1. The number of nitrogens with zero attached hydrogens (tertiary/aromatic N) is 2. The van der Waals surface area contributed by atoms with Crippen molar-refractivity contribution < 1.29 is 9.90 Å². The fourth-order valence-corrected chi connectivity index (χ4v) is 9.78. The Morgan fingerprint density at radius 2 is 1.86 bits per heavy atom. The molecule has 0 bridgehead atoms. The summed E-state index contributed by atoms with van der Waals surface area (Å²) in [7, 11) is 0. The fourth-order valence-electron chi connectivity index (χ4n) is 9.32. The highest BCUT2D eigenvalue weighted by Gasteiger charge is 2.61. The van der Waals surface area contributed by atoms with Crippen LogP contribution in [0.15, 0.2) is 28.2 Å². The SMILES string of the molecule is CSC1=C/C(=N/N(N)CC(=O)[C@H]2CC[C@H]3[C@@H]4CCC5C[C@](C)(O)CCC5(C)[C@H]4CC[C@]23C)C(C)C=C1. The van der Waals surface area contributed by atoms with Crippen LogP contribution >= 0.6 is 11.8 Å². The van der Waals surface area contributed by atoms with Crippen molar-refractivity contribution in [1.29, 1.82) is 0 Å². The standard InChI is InChI=1S/C30H47N3O2S/c1-19-6-8-21(36-5)16-26(19)32-33(31)18-27(34)25-11-10-23-22-9-7-20-17-28(2,35)14-15-29(20,3)24(22)12-13-30(23,25)4/h6,8,16,19-20,22-25,35H,7,9-15,17-18,31H2,1-5H3/b32-26-/t19?,20?,22-,23-,24-,25+,28+,29?,30-/m0/s1. The summed E-state index contributed by atoms with van der Waals surface area (Å²) in [4.78, 5) is 14.8. The molecular weight excluding hydrogens is 466 g/mol. The van der Waals surface area contributed by atoms with E-state index in [1.807, 2.05) is 6.92 Å². The Balaban J connectivity index is 1.27. The van der Waals surface area contributed by atoms with E-state index < -0.39 is 5.60 Å². The lowest BCUT2D eigenvalue weighted by Crippen LogP contribution is -2.56. The van der Waals surface area contributed by atoms with Gasteiger partial charge in [0.2, 0.25) is 0 Å². The summed E-state index contributed by atoms with van der Waals surface area (Å²) in [5.74, 6) is 9.61. The van der Waals surface area contributed by atoms with E-state index in [2.05, 4.69) is 50.4 Å². The second-order valence-electron chi connectivity index (χ2n) is 13.5. The van der Waals surface area contributed by atoms with E-state index in [1.165, 1.54) is 35.7 Å². The molecule has 0 saturated heterocycles. The Morgan fingerprint density at radius 3 is 2.61 bits per heavy atom. The van der Waals surface area contributed by atoms with Gasteiger partial charge in [0.25, 0.3) is 0 Å². The summed E-state index contributed by atoms with van der Waals surface area (Å²) in [6.07, 6.45) is 18.5. The molecule has 0 amide bonds. The maximum Gasteiger partial charge on any atom is 0.159 e. The number of thioether (sulfide) groups is 1. The van der Waals surface area contributed by atoms with Gasteiger partial charge in [0.1, 0.15) is 6.54 Å². The minimum absolute atomic E-state index is 0.0857. The number of rotatable bonds is 5. The van der Waals surface area contributed by atoms with Crippen molar-refractivity contribution in [3.8, 4) is 0 Å². The van der Waals surface area contributed by atoms with E-state index in [1.54, 1.807) is 11.8 Å². The van der Waals surface area contributed by atoms with Crippen LogP contribution in [0.3, 0.4) is 0 Å². The predicted octanol–water partition coefficient (Wildman–Crippen LogP) is 5.95. The van der Waals surface area contributed by atoms with Crippen LogP contribution in [0.25, 0.3) is 0 Å². The van der Waals surface area contributed by atoms with Crippen LogP contribution in [-0.2, 0) is 4.79 Å². The van der Waals surface area contributed by atoms with Crippen molar-refractivity contribution in [3.05, 3.63) is 23.1 Å². The first-order valence-corrected chi connectivity index (χ1v) is 15.5. The Labute approximate surface area is 222 Å². The highest BCUT2D eigenvalue weighted by atomic mass is 32.2. The van der Waals surface area contributed by atoms with Crippen molar-refractivity contribution in [1.82, 2.24) is 5.12 Å². The van der Waals surface area contributed by atoms with E-state index in [0.29, 0.717) is 17.3 Å². The van der Waals surface area contributed by atoms with Crippen molar-refractivity contribution in [2.24, 2.45) is 57.3 Å². The quantitative estimate of drug-likeness (QED) is 0.351. The molecular formula is C30H47N3O2S. The van der Waals surface area contributed by atoms with Gasteiger partial charge in [0.15, 0.2) is 5.78 Å². The summed E-state index contributed by atoms with van der Waals surface area (Å²) >= 11 is 1.69. The molecule has 4 saturated carbocycles. The number of carbonyl (C=O) groups excluding carboxylic acids is 1. The lowest BCUT2D eigenvalue weighted by molar-refractivity contribution is -0.151. The summed E-state index contributed by atoms with van der Waals surface area (Å²) in [5.41, 5.74) is 0.876. The van der Waals surface area contributed by atoms with Gasteiger partial charge >= 0.3 is 0 Å². The molecule has 4 fully saturated rings. The van der Waals surface area contributed by atoms with Gasteiger partial charge in [-0.15, -0.1) is 11.8 Å². The topological polar surface area (TPSA) is 78.9 Å². The third kappa shape index (κ3) is 4.53. The second-order valence-corrected chi connectivity index (χ2v) is 14.4. The minimum atomic E-state index is -0.485. The Bertz CT molecular complexity index is 973. The number of Topliss-reactive ketones (excluding diaryl/α,β-unsaturated/α-hetero) is 1. The normalized spacial score (nSPS) is 47.1. The van der Waals surface area contributed by atoms with Gasteiger partial charge in [-0.3, -0.25) is 4.79 Å². The van der Waals surface area contributed by atoms with Crippen molar-refractivity contribution in [2.75, 3.05) is 12.8 Å². The van der Waals surface area contributed by atoms with E-state index in [4.69, 9.17) is 5.84 Å². The summed E-state index contributed by atoms with van der Waals surface area (Å²) < 4.78 is 0. The van der Waals surface area contributed by atoms with E-state index >= 15 is 0 Å². The van der Waals surface area contributed by atoms with E-state index in [9.17, 15) is 9.90 Å². The number of hydrogen-bond donors (Lipinski definition) is 2. The molecule has 5 aliphatic carbocycles. The average molecular weight is 514 g/mol. The zero-order chi connectivity index (χ0) is 25.9. The Kier molecular flexibility index (Phi) is 7.04. The maximum absolute atomic E-state index is 13.6. The number of allylic oxidation sites excluding steroid dienone is 3. The number of hydrazine groups is 1.